The molecule has 0 saturated carbocycles. The Labute approximate surface area is 123 Å². The van der Waals surface area contributed by atoms with Crippen molar-refractivity contribution in [3.63, 3.8) is 0 Å². The lowest BCUT2D eigenvalue weighted by molar-refractivity contribution is -0.141. The molecule has 1 aliphatic rings. The molecule has 1 aromatic carbocycles. The lowest BCUT2D eigenvalue weighted by Gasteiger charge is -2.07. The van der Waals surface area contributed by atoms with E-state index in [4.69, 9.17) is 4.74 Å². The highest BCUT2D eigenvalue weighted by Crippen LogP contribution is 2.24. The number of unbranched alkanes of at least 4 members (excludes halogenated alkanes) is 1. The van der Waals surface area contributed by atoms with E-state index in [1.54, 1.807) is 18.2 Å². The first kappa shape index (κ1) is 15.0. The van der Waals surface area contributed by atoms with E-state index in [2.05, 4.69) is 5.32 Å². The van der Waals surface area contributed by atoms with Crippen LogP contribution in [0.15, 0.2) is 18.2 Å². The maximum atomic E-state index is 11.9. The number of ether oxygens (including phenoxy) is 1. The smallest absolute Gasteiger partial charge is 0.325 e. The van der Waals surface area contributed by atoms with Crippen molar-refractivity contribution in [1.29, 1.82) is 0 Å². The van der Waals surface area contributed by atoms with Gasteiger partial charge in [-0.3, -0.25) is 19.3 Å². The fourth-order valence-corrected chi connectivity index (χ4v) is 2.03. The molecule has 1 heterocycles. The zero-order valence-corrected chi connectivity index (χ0v) is 12.1. The summed E-state index contributed by atoms with van der Waals surface area (Å²) in [4.78, 5) is 36.2. The first-order chi connectivity index (χ1) is 10.0. The average molecular weight is 290 g/mol. The maximum Gasteiger partial charge on any atom is 0.325 e. The van der Waals surface area contributed by atoms with Crippen LogP contribution in [0.3, 0.4) is 0 Å². The Morgan fingerprint density at radius 1 is 1.24 bits per heavy atom. The molecule has 112 valence electrons. The van der Waals surface area contributed by atoms with Gasteiger partial charge in [-0.15, -0.1) is 0 Å². The molecule has 0 spiro atoms. The third kappa shape index (κ3) is 3.21. The van der Waals surface area contributed by atoms with Gasteiger partial charge < -0.3 is 10.1 Å². The number of amides is 2. The van der Waals surface area contributed by atoms with Gasteiger partial charge in [0.1, 0.15) is 6.54 Å². The first-order valence-corrected chi connectivity index (χ1v) is 6.90. The van der Waals surface area contributed by atoms with E-state index in [0.29, 0.717) is 23.4 Å². The Balaban J connectivity index is 1.96. The first-order valence-electron chi connectivity index (χ1n) is 6.90. The number of esters is 1. The van der Waals surface area contributed by atoms with Gasteiger partial charge in [0.05, 0.1) is 17.7 Å². The number of carbonyl (C=O) groups is 3. The van der Waals surface area contributed by atoms with Crippen LogP contribution in [-0.2, 0) is 9.53 Å². The summed E-state index contributed by atoms with van der Waals surface area (Å²) in [7, 11) is 1.45. The van der Waals surface area contributed by atoms with Crippen LogP contribution < -0.4 is 5.32 Å². The number of hydrogen-bond donors (Lipinski definition) is 1. The van der Waals surface area contributed by atoms with Crippen molar-refractivity contribution >= 4 is 23.5 Å². The molecule has 0 saturated heterocycles. The van der Waals surface area contributed by atoms with E-state index in [1.807, 2.05) is 6.92 Å². The van der Waals surface area contributed by atoms with Crippen LogP contribution in [0, 0.1) is 0 Å². The summed E-state index contributed by atoms with van der Waals surface area (Å²) in [5.74, 6) is -0.979. The van der Waals surface area contributed by atoms with E-state index in [-0.39, 0.29) is 24.3 Å². The summed E-state index contributed by atoms with van der Waals surface area (Å²) in [5, 5.41) is 2.89. The molecule has 1 aliphatic heterocycles. The summed E-state index contributed by atoms with van der Waals surface area (Å²) in [6, 6.07) is 4.84. The Kier molecular flexibility index (Phi) is 4.57. The van der Waals surface area contributed by atoms with E-state index in [9.17, 15) is 14.4 Å². The quantitative estimate of drug-likeness (QED) is 0.490. The summed E-state index contributed by atoms with van der Waals surface area (Å²) >= 11 is 0. The van der Waals surface area contributed by atoms with Gasteiger partial charge in [0.25, 0.3) is 11.8 Å². The fourth-order valence-electron chi connectivity index (χ4n) is 2.03. The lowest BCUT2D eigenvalue weighted by atomic mass is 10.1. The van der Waals surface area contributed by atoms with Gasteiger partial charge in [-0.1, -0.05) is 13.3 Å². The van der Waals surface area contributed by atoms with Crippen LogP contribution in [0.4, 0.5) is 5.69 Å². The number of benzene rings is 1. The van der Waals surface area contributed by atoms with Gasteiger partial charge in [0, 0.05) is 12.7 Å². The topological polar surface area (TPSA) is 75.7 Å². The van der Waals surface area contributed by atoms with Gasteiger partial charge in [-0.05, 0) is 24.6 Å². The van der Waals surface area contributed by atoms with Crippen molar-refractivity contribution in [2.24, 2.45) is 0 Å². The fraction of sp³-hybridized carbons (Fsp3) is 0.400. The second-order valence-corrected chi connectivity index (χ2v) is 4.86. The minimum Gasteiger partial charge on any atom is -0.464 e. The lowest BCUT2D eigenvalue weighted by Crippen LogP contribution is -2.24. The van der Waals surface area contributed by atoms with Gasteiger partial charge in [0.15, 0.2) is 0 Å². The van der Waals surface area contributed by atoms with Crippen molar-refractivity contribution < 1.29 is 19.1 Å². The van der Waals surface area contributed by atoms with Crippen molar-refractivity contribution in [2.45, 2.75) is 19.8 Å². The minimum absolute atomic E-state index is 0.0283. The van der Waals surface area contributed by atoms with Crippen molar-refractivity contribution in [2.75, 3.05) is 25.5 Å². The molecular formula is C15H18N2O4. The number of rotatable bonds is 6. The molecule has 1 N–H and O–H groups in total. The third-order valence-electron chi connectivity index (χ3n) is 3.29. The van der Waals surface area contributed by atoms with Crippen molar-refractivity contribution in [3.05, 3.63) is 29.3 Å². The molecule has 0 bridgehead atoms. The van der Waals surface area contributed by atoms with E-state index in [0.717, 1.165) is 17.7 Å². The Morgan fingerprint density at radius 2 is 1.95 bits per heavy atom. The summed E-state index contributed by atoms with van der Waals surface area (Å²) < 4.78 is 5.02. The summed E-state index contributed by atoms with van der Waals surface area (Å²) in [6.07, 6.45) is 1.81. The molecule has 0 fully saturated rings. The van der Waals surface area contributed by atoms with Gasteiger partial charge in [0.2, 0.25) is 0 Å². The Morgan fingerprint density at radius 3 is 2.67 bits per heavy atom. The van der Waals surface area contributed by atoms with E-state index >= 15 is 0 Å². The molecule has 1 aromatic rings. The second-order valence-electron chi connectivity index (χ2n) is 4.86. The largest absolute Gasteiger partial charge is 0.464 e. The number of imide groups is 1. The number of hydrogen-bond acceptors (Lipinski definition) is 5. The molecule has 2 amide bonds. The molecule has 21 heavy (non-hydrogen) atoms. The molecule has 0 aliphatic carbocycles. The van der Waals surface area contributed by atoms with Crippen molar-refractivity contribution in [3.8, 4) is 0 Å². The van der Waals surface area contributed by atoms with Gasteiger partial charge >= 0.3 is 5.97 Å². The third-order valence-corrected chi connectivity index (χ3v) is 3.29. The monoisotopic (exact) mass is 290 g/mol. The number of carbonyl (C=O) groups excluding carboxylic acids is 3. The van der Waals surface area contributed by atoms with Crippen LogP contribution >= 0.6 is 0 Å². The van der Waals surface area contributed by atoms with E-state index in [1.165, 1.54) is 7.05 Å². The van der Waals surface area contributed by atoms with Crippen LogP contribution in [0.25, 0.3) is 0 Å². The highest BCUT2D eigenvalue weighted by Gasteiger charge is 2.32. The SMILES string of the molecule is CCCCOC(=O)CNc1ccc2c(c1)C(=O)N(C)C2=O. The molecule has 0 atom stereocenters. The number of nitrogens with one attached hydrogen (secondary N) is 1. The van der Waals surface area contributed by atoms with Crippen LogP contribution in [0.1, 0.15) is 40.5 Å². The molecule has 0 radical (unpaired) electrons. The standard InChI is InChI=1S/C15H18N2O4/c1-3-4-7-21-13(18)9-16-10-5-6-11-12(8-10)15(20)17(2)14(11)19/h5-6,8,16H,3-4,7,9H2,1-2H3. The van der Waals surface area contributed by atoms with E-state index < -0.39 is 0 Å². The molecule has 0 unspecified atom stereocenters. The van der Waals surface area contributed by atoms with Crippen LogP contribution in [-0.4, -0.2) is 42.9 Å². The summed E-state index contributed by atoms with van der Waals surface area (Å²) in [5.41, 5.74) is 1.35. The zero-order chi connectivity index (χ0) is 15.4. The Bertz CT molecular complexity index is 583. The van der Waals surface area contributed by atoms with Crippen LogP contribution in [0.5, 0.6) is 0 Å². The Hall–Kier alpha value is -2.37. The second kappa shape index (κ2) is 6.39. The molecule has 6 heteroatoms. The zero-order valence-electron chi connectivity index (χ0n) is 12.1. The van der Waals surface area contributed by atoms with Crippen LogP contribution in [0.2, 0.25) is 0 Å². The van der Waals surface area contributed by atoms with Gasteiger partial charge in [-0.2, -0.15) is 0 Å². The normalized spacial score (nSPS) is 13.3. The molecule has 6 nitrogen and oxygen atoms in total. The predicted octanol–water partition coefficient (Wildman–Crippen LogP) is 1.67. The average Bonchev–Trinajstić information content (AvgIpc) is 2.70. The molecule has 2 rings (SSSR count). The van der Waals surface area contributed by atoms with Gasteiger partial charge in [-0.25, -0.2) is 0 Å². The highest BCUT2D eigenvalue weighted by atomic mass is 16.5. The molecular weight excluding hydrogens is 272 g/mol. The predicted molar refractivity (Wildman–Crippen MR) is 77.2 cm³/mol. The minimum atomic E-state index is -0.344. The summed E-state index contributed by atoms with van der Waals surface area (Å²) in [6.45, 7) is 2.46. The maximum absolute atomic E-state index is 11.9. The number of fused-ring (bicyclic) bond motifs is 1. The number of nitrogens with zero attached hydrogens (tertiary/aromatic N) is 1. The number of anilines is 1. The van der Waals surface area contributed by atoms with Crippen molar-refractivity contribution in [1.82, 2.24) is 4.90 Å². The molecule has 0 aromatic heterocycles. The highest BCUT2D eigenvalue weighted by molar-refractivity contribution is 6.21.